The third kappa shape index (κ3) is 2.09. The number of fused-ring (bicyclic) bond motifs is 1. The molecule has 1 aliphatic rings. The molecule has 3 heteroatoms. The van der Waals surface area contributed by atoms with Crippen molar-refractivity contribution in [2.45, 2.75) is 34.2 Å². The summed E-state index contributed by atoms with van der Waals surface area (Å²) in [5.41, 5.74) is 0.897. The predicted octanol–water partition coefficient (Wildman–Crippen LogP) is 5.33. The number of hydrogen-bond acceptors (Lipinski definition) is 2. The number of hydrogen-bond donors (Lipinski definition) is 1. The summed E-state index contributed by atoms with van der Waals surface area (Å²) in [6.45, 7) is 11.4. The molecular formula is C17H22ClNS. The van der Waals surface area contributed by atoms with Crippen molar-refractivity contribution >= 4 is 33.0 Å². The van der Waals surface area contributed by atoms with Crippen molar-refractivity contribution in [1.29, 1.82) is 0 Å². The van der Waals surface area contributed by atoms with E-state index in [2.05, 4.69) is 51.2 Å². The zero-order valence-corrected chi connectivity index (χ0v) is 14.2. The number of benzene rings is 1. The van der Waals surface area contributed by atoms with Crippen molar-refractivity contribution in [2.75, 3.05) is 6.54 Å². The minimum Gasteiger partial charge on any atom is -0.311 e. The van der Waals surface area contributed by atoms with Gasteiger partial charge in [0.25, 0.3) is 0 Å². The Hall–Kier alpha value is -0.570. The van der Waals surface area contributed by atoms with Crippen molar-refractivity contribution in [2.24, 2.45) is 16.7 Å². The van der Waals surface area contributed by atoms with E-state index >= 15 is 0 Å². The van der Waals surface area contributed by atoms with Crippen LogP contribution < -0.4 is 5.32 Å². The van der Waals surface area contributed by atoms with Gasteiger partial charge in [-0.2, -0.15) is 0 Å². The van der Waals surface area contributed by atoms with Gasteiger partial charge in [-0.05, 0) is 29.4 Å². The molecule has 3 rings (SSSR count). The lowest BCUT2D eigenvalue weighted by Gasteiger charge is -2.05. The van der Waals surface area contributed by atoms with Gasteiger partial charge in [0.1, 0.15) is 0 Å². The minimum absolute atomic E-state index is 0.448. The normalized spacial score (nSPS) is 20.4. The summed E-state index contributed by atoms with van der Waals surface area (Å²) >= 11 is 8.27. The molecule has 1 heterocycles. The van der Waals surface area contributed by atoms with E-state index in [9.17, 15) is 0 Å². The maximum atomic E-state index is 6.47. The predicted molar refractivity (Wildman–Crippen MR) is 89.6 cm³/mol. The monoisotopic (exact) mass is 307 g/mol. The number of rotatable bonds is 4. The van der Waals surface area contributed by atoms with Crippen molar-refractivity contribution in [3.8, 4) is 0 Å². The molecule has 1 nitrogen and oxygen atoms in total. The fourth-order valence-corrected chi connectivity index (χ4v) is 4.82. The molecule has 2 aromatic rings. The summed E-state index contributed by atoms with van der Waals surface area (Å²) in [5.74, 6) is 0.753. The summed E-state index contributed by atoms with van der Waals surface area (Å²) in [6, 6.07) is 8.36. The summed E-state index contributed by atoms with van der Waals surface area (Å²) in [7, 11) is 0. The Morgan fingerprint density at radius 1 is 1.15 bits per heavy atom. The van der Waals surface area contributed by atoms with Gasteiger partial charge in [0.15, 0.2) is 0 Å². The van der Waals surface area contributed by atoms with E-state index in [0.29, 0.717) is 10.8 Å². The van der Waals surface area contributed by atoms with Gasteiger partial charge in [0.05, 0.1) is 5.02 Å². The SMILES string of the molecule is CC1(C)C(CNCc2sc3ccccc3c2Cl)C1(C)C. The van der Waals surface area contributed by atoms with E-state index in [1.165, 1.54) is 15.0 Å². The molecule has 0 radical (unpaired) electrons. The highest BCUT2D eigenvalue weighted by atomic mass is 35.5. The molecule has 1 fully saturated rings. The van der Waals surface area contributed by atoms with E-state index < -0.39 is 0 Å². The average molecular weight is 308 g/mol. The number of nitrogens with one attached hydrogen (secondary N) is 1. The zero-order valence-electron chi connectivity index (χ0n) is 12.6. The second-order valence-electron chi connectivity index (χ2n) is 6.96. The Bertz CT molecular complexity index is 627. The molecule has 0 saturated heterocycles. The van der Waals surface area contributed by atoms with Crippen molar-refractivity contribution < 1.29 is 0 Å². The second kappa shape index (κ2) is 4.72. The van der Waals surface area contributed by atoms with Crippen LogP contribution in [0, 0.1) is 16.7 Å². The fraction of sp³-hybridized carbons (Fsp3) is 0.529. The first-order valence-electron chi connectivity index (χ1n) is 7.22. The van der Waals surface area contributed by atoms with E-state index in [1.54, 1.807) is 11.3 Å². The van der Waals surface area contributed by atoms with Gasteiger partial charge in [-0.15, -0.1) is 11.3 Å². The van der Waals surface area contributed by atoms with Gasteiger partial charge in [-0.25, -0.2) is 0 Å². The van der Waals surface area contributed by atoms with E-state index in [4.69, 9.17) is 11.6 Å². The summed E-state index contributed by atoms with van der Waals surface area (Å²) in [5, 5.41) is 5.71. The molecule has 20 heavy (non-hydrogen) atoms. The van der Waals surface area contributed by atoms with Crippen LogP contribution >= 0.6 is 22.9 Å². The highest BCUT2D eigenvalue weighted by molar-refractivity contribution is 7.19. The van der Waals surface area contributed by atoms with E-state index in [-0.39, 0.29) is 0 Å². The van der Waals surface area contributed by atoms with Crippen LogP contribution in [-0.4, -0.2) is 6.54 Å². The average Bonchev–Trinajstić information content (AvgIpc) is 2.68. The smallest absolute Gasteiger partial charge is 0.0636 e. The van der Waals surface area contributed by atoms with Gasteiger partial charge in [0.2, 0.25) is 0 Å². The number of halogens is 1. The van der Waals surface area contributed by atoms with Crippen LogP contribution in [0.25, 0.3) is 10.1 Å². The molecule has 1 aromatic heterocycles. The lowest BCUT2D eigenvalue weighted by atomic mass is 10.0. The van der Waals surface area contributed by atoms with Crippen LogP contribution in [0.2, 0.25) is 5.02 Å². The first-order chi connectivity index (χ1) is 9.35. The molecule has 0 aliphatic heterocycles. The Morgan fingerprint density at radius 2 is 1.80 bits per heavy atom. The molecular weight excluding hydrogens is 286 g/mol. The fourth-order valence-electron chi connectivity index (χ4n) is 3.35. The first-order valence-corrected chi connectivity index (χ1v) is 8.42. The van der Waals surface area contributed by atoms with Crippen LogP contribution in [-0.2, 0) is 6.54 Å². The maximum absolute atomic E-state index is 6.47. The molecule has 108 valence electrons. The third-order valence-electron chi connectivity index (χ3n) is 5.56. The standard InChI is InChI=1S/C17H22ClNS/c1-16(2)14(17(16,3)4)10-19-9-13-15(18)11-7-5-6-8-12(11)20-13/h5-8,14,19H,9-10H2,1-4H3. The molecule has 1 aliphatic carbocycles. The Morgan fingerprint density at radius 3 is 2.40 bits per heavy atom. The lowest BCUT2D eigenvalue weighted by molar-refractivity contribution is 0.457. The van der Waals surface area contributed by atoms with Gasteiger partial charge in [0, 0.05) is 21.5 Å². The topological polar surface area (TPSA) is 12.0 Å². The lowest BCUT2D eigenvalue weighted by Crippen LogP contribution is -2.18. The zero-order chi connectivity index (χ0) is 14.5. The highest BCUT2D eigenvalue weighted by Crippen LogP contribution is 2.67. The Kier molecular flexibility index (Phi) is 3.39. The summed E-state index contributed by atoms with van der Waals surface area (Å²) < 4.78 is 1.28. The second-order valence-corrected chi connectivity index (χ2v) is 8.48. The van der Waals surface area contributed by atoms with Crippen molar-refractivity contribution in [3.05, 3.63) is 34.2 Å². The number of thiophene rings is 1. The molecule has 1 saturated carbocycles. The van der Waals surface area contributed by atoms with Crippen LogP contribution in [0.15, 0.2) is 24.3 Å². The summed E-state index contributed by atoms with van der Waals surface area (Å²) in [4.78, 5) is 1.25. The van der Waals surface area contributed by atoms with Gasteiger partial charge < -0.3 is 5.32 Å². The van der Waals surface area contributed by atoms with Gasteiger partial charge >= 0.3 is 0 Å². The van der Waals surface area contributed by atoms with Crippen molar-refractivity contribution in [1.82, 2.24) is 5.32 Å². The van der Waals surface area contributed by atoms with Crippen molar-refractivity contribution in [3.63, 3.8) is 0 Å². The van der Waals surface area contributed by atoms with E-state index in [0.717, 1.165) is 24.0 Å². The Balaban J connectivity index is 1.65. The van der Waals surface area contributed by atoms with Crippen LogP contribution in [0.4, 0.5) is 0 Å². The van der Waals surface area contributed by atoms with Crippen LogP contribution in [0.5, 0.6) is 0 Å². The largest absolute Gasteiger partial charge is 0.311 e. The molecule has 0 amide bonds. The molecule has 0 atom stereocenters. The van der Waals surface area contributed by atoms with E-state index in [1.807, 2.05) is 6.07 Å². The molecule has 0 spiro atoms. The highest BCUT2D eigenvalue weighted by Gasteiger charge is 2.63. The summed E-state index contributed by atoms with van der Waals surface area (Å²) in [6.07, 6.45) is 0. The van der Waals surface area contributed by atoms with Crippen LogP contribution in [0.1, 0.15) is 32.6 Å². The minimum atomic E-state index is 0.448. The third-order valence-corrected chi connectivity index (χ3v) is 7.27. The quantitative estimate of drug-likeness (QED) is 0.805. The molecule has 1 N–H and O–H groups in total. The van der Waals surface area contributed by atoms with Gasteiger partial charge in [-0.3, -0.25) is 0 Å². The molecule has 0 unspecified atom stereocenters. The molecule has 1 aromatic carbocycles. The van der Waals surface area contributed by atoms with Gasteiger partial charge in [-0.1, -0.05) is 57.5 Å². The Labute approximate surface area is 130 Å². The van der Waals surface area contributed by atoms with Crippen LogP contribution in [0.3, 0.4) is 0 Å². The maximum Gasteiger partial charge on any atom is 0.0636 e. The first kappa shape index (κ1) is 14.4. The molecule has 0 bridgehead atoms.